The lowest BCUT2D eigenvalue weighted by Gasteiger charge is -2.19. The van der Waals surface area contributed by atoms with Gasteiger partial charge in [0, 0.05) is 6.54 Å². The van der Waals surface area contributed by atoms with Crippen molar-refractivity contribution in [3.63, 3.8) is 0 Å². The predicted octanol–water partition coefficient (Wildman–Crippen LogP) is 1.28. The minimum Gasteiger partial charge on any atom is -0.377 e. The molecule has 2 aliphatic rings. The van der Waals surface area contributed by atoms with E-state index >= 15 is 0 Å². The van der Waals surface area contributed by atoms with E-state index in [-0.39, 0.29) is 0 Å². The maximum absolute atomic E-state index is 5.53. The highest BCUT2D eigenvalue weighted by Crippen LogP contribution is 2.10. The van der Waals surface area contributed by atoms with Crippen molar-refractivity contribution in [1.29, 1.82) is 0 Å². The van der Waals surface area contributed by atoms with E-state index in [0.717, 1.165) is 26.4 Å². The molecule has 2 aliphatic heterocycles. The van der Waals surface area contributed by atoms with Crippen molar-refractivity contribution in [3.05, 3.63) is 0 Å². The minimum atomic E-state index is 0.416. The van der Waals surface area contributed by atoms with E-state index < -0.39 is 0 Å². The summed E-state index contributed by atoms with van der Waals surface area (Å²) in [5, 5.41) is 0. The standard InChI is InChI=1S/C11H21NO2/c1-2-4-6-12(5-3-1)7-8-13-9-11-10-14-11/h11H,1-10H2. The molecule has 2 heterocycles. The Morgan fingerprint density at radius 3 is 2.50 bits per heavy atom. The largest absolute Gasteiger partial charge is 0.377 e. The molecule has 2 saturated heterocycles. The summed E-state index contributed by atoms with van der Waals surface area (Å²) in [6.45, 7) is 6.22. The molecule has 0 N–H and O–H groups in total. The summed E-state index contributed by atoms with van der Waals surface area (Å²) < 4.78 is 10.6. The van der Waals surface area contributed by atoms with Crippen molar-refractivity contribution in [2.75, 3.05) is 39.5 Å². The van der Waals surface area contributed by atoms with Gasteiger partial charge < -0.3 is 14.4 Å². The van der Waals surface area contributed by atoms with Crippen LogP contribution in [0.2, 0.25) is 0 Å². The van der Waals surface area contributed by atoms with Gasteiger partial charge in [0.15, 0.2) is 0 Å². The summed E-state index contributed by atoms with van der Waals surface area (Å²) in [5.41, 5.74) is 0. The van der Waals surface area contributed by atoms with Gasteiger partial charge in [0.05, 0.1) is 19.8 Å². The molecule has 0 spiro atoms. The van der Waals surface area contributed by atoms with Gasteiger partial charge in [0.25, 0.3) is 0 Å². The highest BCUT2D eigenvalue weighted by Gasteiger charge is 2.22. The second kappa shape index (κ2) is 5.69. The normalized spacial score (nSPS) is 28.7. The second-order valence-electron chi connectivity index (χ2n) is 4.29. The predicted molar refractivity (Wildman–Crippen MR) is 55.5 cm³/mol. The first kappa shape index (κ1) is 10.4. The van der Waals surface area contributed by atoms with E-state index in [1.54, 1.807) is 0 Å². The molecule has 14 heavy (non-hydrogen) atoms. The summed E-state index contributed by atoms with van der Waals surface area (Å²) in [7, 11) is 0. The molecule has 0 aromatic heterocycles. The summed E-state index contributed by atoms with van der Waals surface area (Å²) in [5.74, 6) is 0. The van der Waals surface area contributed by atoms with Crippen molar-refractivity contribution in [2.24, 2.45) is 0 Å². The van der Waals surface area contributed by atoms with Crippen LogP contribution in [0.25, 0.3) is 0 Å². The Balaban J connectivity index is 1.49. The molecular weight excluding hydrogens is 178 g/mol. The zero-order chi connectivity index (χ0) is 9.64. The van der Waals surface area contributed by atoms with Crippen molar-refractivity contribution in [1.82, 2.24) is 4.90 Å². The van der Waals surface area contributed by atoms with E-state index in [0.29, 0.717) is 6.10 Å². The Morgan fingerprint density at radius 2 is 1.86 bits per heavy atom. The molecule has 0 aromatic carbocycles. The maximum Gasteiger partial charge on any atom is 0.104 e. The van der Waals surface area contributed by atoms with Gasteiger partial charge >= 0.3 is 0 Å². The van der Waals surface area contributed by atoms with Gasteiger partial charge in [0.2, 0.25) is 0 Å². The van der Waals surface area contributed by atoms with E-state index in [1.807, 2.05) is 0 Å². The van der Waals surface area contributed by atoms with E-state index in [2.05, 4.69) is 4.90 Å². The van der Waals surface area contributed by atoms with Gasteiger partial charge in [0.1, 0.15) is 6.10 Å². The third-order valence-corrected chi connectivity index (χ3v) is 2.96. The van der Waals surface area contributed by atoms with Gasteiger partial charge in [-0.15, -0.1) is 0 Å². The van der Waals surface area contributed by atoms with Crippen LogP contribution in [0.3, 0.4) is 0 Å². The lowest BCUT2D eigenvalue weighted by atomic mass is 10.2. The Hall–Kier alpha value is -0.120. The smallest absolute Gasteiger partial charge is 0.104 e. The second-order valence-corrected chi connectivity index (χ2v) is 4.29. The van der Waals surface area contributed by atoms with Crippen LogP contribution in [-0.4, -0.2) is 50.5 Å². The quantitative estimate of drug-likeness (QED) is 0.492. The topological polar surface area (TPSA) is 25.0 Å². The van der Waals surface area contributed by atoms with E-state index in [4.69, 9.17) is 9.47 Å². The first-order chi connectivity index (χ1) is 6.95. The van der Waals surface area contributed by atoms with Gasteiger partial charge in [-0.1, -0.05) is 12.8 Å². The Bertz CT molecular complexity index is 151. The van der Waals surface area contributed by atoms with E-state index in [1.165, 1.54) is 38.8 Å². The summed E-state index contributed by atoms with van der Waals surface area (Å²) in [6, 6.07) is 0. The number of hydrogen-bond acceptors (Lipinski definition) is 3. The number of epoxide rings is 1. The molecule has 0 saturated carbocycles. The molecule has 0 amide bonds. The van der Waals surface area contributed by atoms with Crippen molar-refractivity contribution in [3.8, 4) is 0 Å². The van der Waals surface area contributed by atoms with Crippen LogP contribution < -0.4 is 0 Å². The van der Waals surface area contributed by atoms with E-state index in [9.17, 15) is 0 Å². The summed E-state index contributed by atoms with van der Waals surface area (Å²) in [6.07, 6.45) is 5.97. The minimum absolute atomic E-state index is 0.416. The van der Waals surface area contributed by atoms with Crippen LogP contribution in [0.1, 0.15) is 25.7 Å². The monoisotopic (exact) mass is 199 g/mol. The average Bonchev–Trinajstić information content (AvgIpc) is 3.01. The third kappa shape index (κ3) is 3.95. The lowest BCUT2D eigenvalue weighted by molar-refractivity contribution is 0.0921. The van der Waals surface area contributed by atoms with Crippen LogP contribution in [0.5, 0.6) is 0 Å². The molecule has 0 radical (unpaired) electrons. The number of nitrogens with zero attached hydrogens (tertiary/aromatic N) is 1. The highest BCUT2D eigenvalue weighted by molar-refractivity contribution is 4.68. The van der Waals surface area contributed by atoms with Gasteiger partial charge in [-0.25, -0.2) is 0 Å². The Labute approximate surface area is 86.4 Å². The average molecular weight is 199 g/mol. The summed E-state index contributed by atoms with van der Waals surface area (Å²) in [4.78, 5) is 2.53. The third-order valence-electron chi connectivity index (χ3n) is 2.96. The number of likely N-dealkylation sites (tertiary alicyclic amines) is 1. The molecular formula is C11H21NO2. The molecule has 3 nitrogen and oxygen atoms in total. The van der Waals surface area contributed by atoms with Crippen molar-refractivity contribution < 1.29 is 9.47 Å². The zero-order valence-electron chi connectivity index (χ0n) is 8.91. The molecule has 2 rings (SSSR count). The summed E-state index contributed by atoms with van der Waals surface area (Å²) >= 11 is 0. The van der Waals surface area contributed by atoms with Crippen molar-refractivity contribution >= 4 is 0 Å². The van der Waals surface area contributed by atoms with Gasteiger partial charge in [-0.2, -0.15) is 0 Å². The van der Waals surface area contributed by atoms with Gasteiger partial charge in [-0.05, 0) is 25.9 Å². The first-order valence-electron chi connectivity index (χ1n) is 5.87. The fraction of sp³-hybridized carbons (Fsp3) is 1.00. The molecule has 1 atom stereocenters. The molecule has 0 aliphatic carbocycles. The fourth-order valence-corrected chi connectivity index (χ4v) is 1.93. The Morgan fingerprint density at radius 1 is 1.14 bits per heavy atom. The Kier molecular flexibility index (Phi) is 4.22. The highest BCUT2D eigenvalue weighted by atomic mass is 16.6. The molecule has 2 fully saturated rings. The number of hydrogen-bond donors (Lipinski definition) is 0. The molecule has 3 heteroatoms. The SMILES string of the molecule is C1CCCN(CCOCC2CO2)CC1. The van der Waals surface area contributed by atoms with Gasteiger partial charge in [-0.3, -0.25) is 0 Å². The van der Waals surface area contributed by atoms with Crippen LogP contribution in [0.15, 0.2) is 0 Å². The molecule has 82 valence electrons. The maximum atomic E-state index is 5.53. The molecule has 0 aromatic rings. The zero-order valence-corrected chi connectivity index (χ0v) is 8.91. The number of ether oxygens (including phenoxy) is 2. The van der Waals surface area contributed by atoms with Crippen LogP contribution in [-0.2, 0) is 9.47 Å². The fourth-order valence-electron chi connectivity index (χ4n) is 1.93. The molecule has 0 bridgehead atoms. The number of rotatable bonds is 5. The van der Waals surface area contributed by atoms with Crippen molar-refractivity contribution in [2.45, 2.75) is 31.8 Å². The lowest BCUT2D eigenvalue weighted by Crippen LogP contribution is -2.28. The van der Waals surface area contributed by atoms with Crippen LogP contribution in [0.4, 0.5) is 0 Å². The first-order valence-corrected chi connectivity index (χ1v) is 5.87. The van der Waals surface area contributed by atoms with Crippen LogP contribution >= 0.6 is 0 Å². The molecule has 1 unspecified atom stereocenters. The van der Waals surface area contributed by atoms with Crippen LogP contribution in [0, 0.1) is 0 Å².